The quantitative estimate of drug-likeness (QED) is 0.807. The molecule has 0 saturated heterocycles. The molecule has 19 heavy (non-hydrogen) atoms. The largest absolute Gasteiger partial charge is 0.313 e. The lowest BCUT2D eigenvalue weighted by atomic mass is 9.75. The first-order valence-electron chi connectivity index (χ1n) is 7.70. The summed E-state index contributed by atoms with van der Waals surface area (Å²) in [7, 11) is 0. The van der Waals surface area contributed by atoms with Crippen molar-refractivity contribution in [2.75, 3.05) is 6.54 Å². The zero-order valence-corrected chi connectivity index (χ0v) is 11.8. The molecule has 0 heterocycles. The highest BCUT2D eigenvalue weighted by molar-refractivity contribution is 5.23. The van der Waals surface area contributed by atoms with Crippen LogP contribution < -0.4 is 5.32 Å². The summed E-state index contributed by atoms with van der Waals surface area (Å²) in [6.45, 7) is 3.50. The molecule has 0 spiro atoms. The van der Waals surface area contributed by atoms with Crippen molar-refractivity contribution in [3.8, 4) is 0 Å². The van der Waals surface area contributed by atoms with Crippen LogP contribution in [0, 0.1) is 11.2 Å². The monoisotopic (exact) mass is 261 g/mol. The van der Waals surface area contributed by atoms with Crippen LogP contribution in [0.1, 0.15) is 56.9 Å². The van der Waals surface area contributed by atoms with Gasteiger partial charge in [-0.15, -0.1) is 0 Å². The Morgan fingerprint density at radius 2 is 1.89 bits per heavy atom. The van der Waals surface area contributed by atoms with Gasteiger partial charge in [0.2, 0.25) is 0 Å². The van der Waals surface area contributed by atoms with Crippen molar-refractivity contribution in [1.29, 1.82) is 0 Å². The van der Waals surface area contributed by atoms with E-state index in [1.165, 1.54) is 50.6 Å². The Balaban J connectivity index is 1.42. The molecule has 2 heteroatoms. The smallest absolute Gasteiger partial charge is 0.123 e. The molecule has 2 saturated carbocycles. The predicted octanol–water partition coefficient (Wildman–Crippen LogP) is 4.24. The van der Waals surface area contributed by atoms with Gasteiger partial charge in [0, 0.05) is 12.6 Å². The van der Waals surface area contributed by atoms with Crippen LogP contribution in [-0.4, -0.2) is 12.6 Å². The highest BCUT2D eigenvalue weighted by Crippen LogP contribution is 2.49. The van der Waals surface area contributed by atoms with Gasteiger partial charge in [-0.1, -0.05) is 25.5 Å². The fourth-order valence-corrected chi connectivity index (χ4v) is 3.37. The number of hydrogen-bond donors (Lipinski definition) is 1. The number of hydrogen-bond acceptors (Lipinski definition) is 1. The molecule has 0 aromatic heterocycles. The van der Waals surface area contributed by atoms with Gasteiger partial charge in [0.15, 0.2) is 0 Å². The average molecular weight is 261 g/mol. The fourth-order valence-electron chi connectivity index (χ4n) is 3.37. The molecule has 0 atom stereocenters. The van der Waals surface area contributed by atoms with E-state index in [9.17, 15) is 4.39 Å². The van der Waals surface area contributed by atoms with E-state index in [1.54, 1.807) is 12.1 Å². The third-order valence-electron chi connectivity index (χ3n) is 4.98. The van der Waals surface area contributed by atoms with E-state index in [1.807, 2.05) is 12.1 Å². The maximum atomic E-state index is 12.9. The van der Waals surface area contributed by atoms with Gasteiger partial charge in [0.1, 0.15) is 5.82 Å². The molecule has 2 fully saturated rings. The molecule has 0 aliphatic heterocycles. The van der Waals surface area contributed by atoms with E-state index in [0.717, 1.165) is 0 Å². The predicted molar refractivity (Wildman–Crippen MR) is 76.7 cm³/mol. The Morgan fingerprint density at radius 3 is 2.47 bits per heavy atom. The zero-order valence-electron chi connectivity index (χ0n) is 11.8. The van der Waals surface area contributed by atoms with Gasteiger partial charge < -0.3 is 5.32 Å². The van der Waals surface area contributed by atoms with E-state index in [0.29, 0.717) is 17.4 Å². The second kappa shape index (κ2) is 5.24. The molecule has 1 aromatic rings. The van der Waals surface area contributed by atoms with Crippen molar-refractivity contribution in [1.82, 2.24) is 5.32 Å². The van der Waals surface area contributed by atoms with Crippen LogP contribution >= 0.6 is 0 Å². The van der Waals surface area contributed by atoms with E-state index in [4.69, 9.17) is 0 Å². The first kappa shape index (κ1) is 13.1. The molecule has 2 aliphatic rings. The Kier molecular flexibility index (Phi) is 3.62. The maximum absolute atomic E-state index is 12.9. The first-order valence-corrected chi connectivity index (χ1v) is 7.70. The molecule has 1 nitrogen and oxygen atoms in total. The molecule has 3 rings (SSSR count). The van der Waals surface area contributed by atoms with Gasteiger partial charge in [0.25, 0.3) is 0 Å². The minimum atomic E-state index is -0.131. The van der Waals surface area contributed by atoms with Crippen LogP contribution in [0.15, 0.2) is 24.3 Å². The zero-order chi connectivity index (χ0) is 13.3. The highest BCUT2D eigenvalue weighted by atomic mass is 19.1. The molecular formula is C17H24FN. The third-order valence-corrected chi connectivity index (χ3v) is 4.98. The normalized spacial score (nSPS) is 27.9. The van der Waals surface area contributed by atoms with Crippen molar-refractivity contribution in [3.05, 3.63) is 35.6 Å². The summed E-state index contributed by atoms with van der Waals surface area (Å²) in [5, 5.41) is 3.74. The SMILES string of the molecule is CCCC1(CNC2CC(c3ccc(F)cc3)C2)CC1. The molecule has 0 bridgehead atoms. The number of nitrogens with one attached hydrogen (secondary N) is 1. The van der Waals surface area contributed by atoms with Crippen molar-refractivity contribution in [2.24, 2.45) is 5.41 Å². The molecule has 1 aromatic carbocycles. The summed E-state index contributed by atoms with van der Waals surface area (Å²) in [6.07, 6.45) is 7.96. The van der Waals surface area contributed by atoms with Gasteiger partial charge in [-0.3, -0.25) is 0 Å². The van der Waals surface area contributed by atoms with Gasteiger partial charge in [0.05, 0.1) is 0 Å². The van der Waals surface area contributed by atoms with Crippen molar-refractivity contribution < 1.29 is 4.39 Å². The summed E-state index contributed by atoms with van der Waals surface area (Å²) >= 11 is 0. The van der Waals surface area contributed by atoms with Crippen LogP contribution in [0.4, 0.5) is 4.39 Å². The van der Waals surface area contributed by atoms with E-state index >= 15 is 0 Å². The molecule has 104 valence electrons. The van der Waals surface area contributed by atoms with E-state index in [2.05, 4.69) is 12.2 Å². The number of rotatable bonds is 6. The lowest BCUT2D eigenvalue weighted by Crippen LogP contribution is -2.42. The Hall–Kier alpha value is -0.890. The van der Waals surface area contributed by atoms with Gasteiger partial charge in [-0.2, -0.15) is 0 Å². The van der Waals surface area contributed by atoms with E-state index < -0.39 is 0 Å². The summed E-state index contributed by atoms with van der Waals surface area (Å²) in [6, 6.07) is 7.72. The molecule has 1 N–H and O–H groups in total. The first-order chi connectivity index (χ1) is 9.21. The summed E-state index contributed by atoms with van der Waals surface area (Å²) in [5.41, 5.74) is 1.95. The number of halogens is 1. The van der Waals surface area contributed by atoms with Crippen LogP contribution in [0.3, 0.4) is 0 Å². The second-order valence-corrected chi connectivity index (χ2v) is 6.55. The Morgan fingerprint density at radius 1 is 1.21 bits per heavy atom. The van der Waals surface area contributed by atoms with Gasteiger partial charge >= 0.3 is 0 Å². The van der Waals surface area contributed by atoms with Crippen LogP contribution in [-0.2, 0) is 0 Å². The molecule has 2 aliphatic carbocycles. The minimum absolute atomic E-state index is 0.131. The molecule has 0 radical (unpaired) electrons. The lowest BCUT2D eigenvalue weighted by Gasteiger charge is -2.37. The third kappa shape index (κ3) is 3.00. The van der Waals surface area contributed by atoms with Crippen LogP contribution in [0.2, 0.25) is 0 Å². The highest BCUT2D eigenvalue weighted by Gasteiger charge is 2.42. The molecule has 0 unspecified atom stereocenters. The number of benzene rings is 1. The summed E-state index contributed by atoms with van der Waals surface area (Å²) < 4.78 is 12.9. The van der Waals surface area contributed by atoms with Gasteiger partial charge in [-0.05, 0) is 61.1 Å². The Labute approximate surface area is 115 Å². The van der Waals surface area contributed by atoms with Crippen molar-refractivity contribution in [2.45, 2.75) is 57.4 Å². The summed E-state index contributed by atoms with van der Waals surface area (Å²) in [4.78, 5) is 0. The van der Waals surface area contributed by atoms with Crippen molar-refractivity contribution >= 4 is 0 Å². The Bertz CT molecular complexity index is 415. The molecule has 0 amide bonds. The maximum Gasteiger partial charge on any atom is 0.123 e. The topological polar surface area (TPSA) is 12.0 Å². The minimum Gasteiger partial charge on any atom is -0.313 e. The summed E-state index contributed by atoms with van der Waals surface area (Å²) in [5.74, 6) is 0.507. The van der Waals surface area contributed by atoms with E-state index in [-0.39, 0.29) is 5.82 Å². The standard InChI is InChI=1S/C17H24FN/c1-2-7-17(8-9-17)12-19-16-10-14(11-16)13-3-5-15(18)6-4-13/h3-6,14,16,19H,2,7-12H2,1H3. The van der Waals surface area contributed by atoms with Gasteiger partial charge in [-0.25, -0.2) is 4.39 Å². The van der Waals surface area contributed by atoms with Crippen LogP contribution in [0.25, 0.3) is 0 Å². The average Bonchev–Trinajstić information content (AvgIpc) is 3.10. The van der Waals surface area contributed by atoms with Crippen molar-refractivity contribution in [3.63, 3.8) is 0 Å². The lowest BCUT2D eigenvalue weighted by molar-refractivity contribution is 0.266. The second-order valence-electron chi connectivity index (χ2n) is 6.55. The molecular weight excluding hydrogens is 237 g/mol. The fraction of sp³-hybridized carbons (Fsp3) is 0.647. The van der Waals surface area contributed by atoms with Crippen LogP contribution in [0.5, 0.6) is 0 Å².